The molecule has 2 aliphatic heterocycles. The minimum Gasteiger partial charge on any atom is -0.656 e. The van der Waals surface area contributed by atoms with E-state index in [1.165, 1.54) is 0 Å². The van der Waals surface area contributed by atoms with Gasteiger partial charge in [0.25, 0.3) is 0 Å². The number of nitrogens with zero attached hydrogens (tertiary/aromatic N) is 11. The fourth-order valence-corrected chi connectivity index (χ4v) is 12.7. The number of nitriles is 4. The molecule has 87 heavy (non-hydrogen) atoms. The molecule has 0 fully saturated rings. The molecule has 12 heteroatoms. The average molecular weight is 1280 g/mol. The van der Waals surface area contributed by atoms with Gasteiger partial charge in [-0.05, 0) is 207 Å². The van der Waals surface area contributed by atoms with Gasteiger partial charge in [0.15, 0.2) is 11.4 Å². The van der Waals surface area contributed by atoms with E-state index < -0.39 is 0 Å². The predicted octanol–water partition coefficient (Wildman–Crippen LogP) is 18.1. The Kier molecular flexibility index (Phi) is 11.8. The maximum absolute atomic E-state index is 10.8. The van der Waals surface area contributed by atoms with Crippen LogP contribution in [0.2, 0.25) is 0 Å². The van der Waals surface area contributed by atoms with Gasteiger partial charge in [0.05, 0.1) is 71.5 Å². The van der Waals surface area contributed by atoms with E-state index in [-0.39, 0.29) is 54.7 Å². The first-order valence-corrected chi connectivity index (χ1v) is 27.4. The molecule has 11 aromatic carbocycles. The van der Waals surface area contributed by atoms with Gasteiger partial charge in [-0.25, -0.2) is 14.7 Å². The number of hydrogen-bond acceptors (Lipinski definition) is 7. The van der Waals surface area contributed by atoms with Crippen molar-refractivity contribution in [3.63, 3.8) is 0 Å². The molecule has 0 saturated heterocycles. The summed E-state index contributed by atoms with van der Waals surface area (Å²) in [5.74, 6) is 0.353. The van der Waals surface area contributed by atoms with Crippen LogP contribution in [0.15, 0.2) is 200 Å². The molecule has 0 N–H and O–H groups in total. The summed E-state index contributed by atoms with van der Waals surface area (Å²) < 4.78 is 0. The first kappa shape index (κ1) is 51.5. The van der Waals surface area contributed by atoms with Crippen LogP contribution in [0.5, 0.6) is 0 Å². The largest absolute Gasteiger partial charge is 2.00 e. The Balaban J connectivity index is 0.00000638. The van der Waals surface area contributed by atoms with Gasteiger partial charge in [-0.2, -0.15) is 21.0 Å². The van der Waals surface area contributed by atoms with E-state index in [1.807, 2.05) is 97.1 Å². The van der Waals surface area contributed by atoms with Crippen LogP contribution < -0.4 is 9.97 Å². The van der Waals surface area contributed by atoms with Gasteiger partial charge in [0, 0.05) is 38.9 Å². The molecule has 0 spiro atoms. The molecule has 16 rings (SSSR count). The summed E-state index contributed by atoms with van der Waals surface area (Å²) in [5.41, 5.74) is 10.6. The molecule has 8 bridgehead atoms. The fourth-order valence-electron chi connectivity index (χ4n) is 12.7. The van der Waals surface area contributed by atoms with Crippen molar-refractivity contribution >= 4 is 98.2 Å². The second-order valence-electron chi connectivity index (χ2n) is 21.4. The van der Waals surface area contributed by atoms with Crippen molar-refractivity contribution in [3.05, 3.63) is 245 Å². The Morgan fingerprint density at radius 2 is 0.655 bits per heavy atom. The molecular weight excluding hydrogens is 1250 g/mol. The zero-order valence-electron chi connectivity index (χ0n) is 45.3. The van der Waals surface area contributed by atoms with Crippen LogP contribution in [0.25, 0.3) is 175 Å². The van der Waals surface area contributed by atoms with E-state index >= 15 is 0 Å². The van der Waals surface area contributed by atoms with Crippen LogP contribution in [-0.2, 0) is 21.1 Å². The molecule has 0 unspecified atom stereocenters. The maximum atomic E-state index is 10.8. The van der Waals surface area contributed by atoms with Gasteiger partial charge in [0.1, 0.15) is 0 Å². The quantitative estimate of drug-likeness (QED) is 0.156. The summed E-state index contributed by atoms with van der Waals surface area (Å²) in [6.45, 7) is 16.7. The van der Waals surface area contributed by atoms with Gasteiger partial charge in [-0.1, -0.05) is 97.1 Å². The summed E-state index contributed by atoms with van der Waals surface area (Å²) in [6, 6.07) is 73.6. The summed E-state index contributed by atoms with van der Waals surface area (Å²) in [7, 11) is 0. The molecule has 0 radical (unpaired) electrons. The molecule has 398 valence electrons. The Hall–Kier alpha value is -12.3. The van der Waals surface area contributed by atoms with Crippen LogP contribution in [0.4, 0.5) is 11.4 Å². The number of fused-ring (bicyclic) bond motifs is 24. The first-order valence-electron chi connectivity index (χ1n) is 27.4. The third-order valence-corrected chi connectivity index (χ3v) is 16.5. The summed E-state index contributed by atoms with van der Waals surface area (Å²) in [6.07, 6.45) is 0. The van der Waals surface area contributed by atoms with Crippen molar-refractivity contribution in [1.82, 2.24) is 24.9 Å². The standard InChI is InChI=1S/C75H33N11.Pt/c1-80-55-24-42(38-78)22-53(26-55)66-70-59-30-46-13-5-3-11-44(46)28-57(59)68(82-70)65(52-20-40(36-76)19-41(21-52)37-77)69-58-29-45-12-4-6-14-47(45)31-60(58)71(83-69)67(54-23-43(39-79)25-56(27-54)81-2)73-62-33-49-16-8-10-18-51(49)35-64(62)75(85-73)86-74-63-34-50-17-9-7-15-48(50)32-61(63)72(66)84-74;/h3-35H;/q-2;+2. The van der Waals surface area contributed by atoms with E-state index in [9.17, 15) is 21.0 Å². The van der Waals surface area contributed by atoms with Crippen LogP contribution >= 0.6 is 0 Å². The molecular formula is C75H33N11Pt. The van der Waals surface area contributed by atoms with E-state index in [0.29, 0.717) is 111 Å². The monoisotopic (exact) mass is 1280 g/mol. The van der Waals surface area contributed by atoms with E-state index in [2.05, 4.69) is 82.5 Å². The van der Waals surface area contributed by atoms with Gasteiger partial charge >= 0.3 is 21.1 Å². The van der Waals surface area contributed by atoms with Crippen LogP contribution in [0, 0.1) is 58.5 Å². The summed E-state index contributed by atoms with van der Waals surface area (Å²) in [5, 5.41) is 53.3. The maximum Gasteiger partial charge on any atom is 2.00 e. The van der Waals surface area contributed by atoms with Crippen molar-refractivity contribution in [2.45, 2.75) is 0 Å². The molecule has 0 amide bonds. The third kappa shape index (κ3) is 8.13. The Labute approximate surface area is 510 Å². The smallest absolute Gasteiger partial charge is 0.656 e. The molecule has 3 aromatic heterocycles. The molecule has 0 aliphatic carbocycles. The minimum absolute atomic E-state index is 0. The van der Waals surface area contributed by atoms with Crippen LogP contribution in [-0.4, -0.2) is 15.0 Å². The Morgan fingerprint density at radius 3 is 1.06 bits per heavy atom. The first-order chi connectivity index (χ1) is 42.3. The Morgan fingerprint density at radius 1 is 0.333 bits per heavy atom. The van der Waals surface area contributed by atoms with Crippen molar-refractivity contribution in [2.24, 2.45) is 0 Å². The number of rotatable bonds is 3. The SMILES string of the molecule is [C-]#[N+]c1cc(C#N)cc(-c2c3nc(c(-c4cc(C#N)cc(C#N)c4)c4[n-]c(c(-c5cc(C#N)cc([N+]#[C-])c5)c5nc(nc6[n-]c2c2cc7ccccc7cc62)-c2cc6ccccc6cc2-5)c2cc5ccccc5cc42)-c2cc4ccccc4cc2-3)c1.[Pt+2]. The molecule has 14 aromatic rings. The van der Waals surface area contributed by atoms with Crippen molar-refractivity contribution in [2.75, 3.05) is 0 Å². The topological polar surface area (TPSA) is 171 Å². The summed E-state index contributed by atoms with van der Waals surface area (Å²) in [4.78, 5) is 36.4. The zero-order valence-corrected chi connectivity index (χ0v) is 47.6. The van der Waals surface area contributed by atoms with E-state index in [4.69, 9.17) is 38.1 Å². The van der Waals surface area contributed by atoms with Gasteiger partial charge in [-0.15, -0.1) is 11.0 Å². The van der Waals surface area contributed by atoms with Crippen LogP contribution in [0.3, 0.4) is 0 Å². The predicted molar refractivity (Wildman–Crippen MR) is 338 cm³/mol. The fraction of sp³-hybridized carbons (Fsp3) is 0. The van der Waals surface area contributed by atoms with Crippen molar-refractivity contribution < 1.29 is 21.1 Å². The zero-order chi connectivity index (χ0) is 57.9. The van der Waals surface area contributed by atoms with E-state index in [0.717, 1.165) is 54.0 Å². The summed E-state index contributed by atoms with van der Waals surface area (Å²) >= 11 is 0. The second kappa shape index (κ2) is 19.9. The van der Waals surface area contributed by atoms with E-state index in [1.54, 1.807) is 54.6 Å². The van der Waals surface area contributed by atoms with Gasteiger partial charge in [-0.3, -0.25) is 4.98 Å². The molecule has 2 aliphatic rings. The van der Waals surface area contributed by atoms with Crippen molar-refractivity contribution in [1.29, 1.82) is 21.0 Å². The van der Waals surface area contributed by atoms with Gasteiger partial charge in [0.2, 0.25) is 0 Å². The normalized spacial score (nSPS) is 11.3. The Bertz CT molecular complexity index is 5780. The number of aromatic nitrogens is 5. The molecule has 5 heterocycles. The minimum atomic E-state index is 0. The average Bonchev–Trinajstić information content (AvgIpc) is 2.32. The van der Waals surface area contributed by atoms with Gasteiger partial charge < -0.3 is 15.0 Å². The molecule has 11 nitrogen and oxygen atoms in total. The number of hydrogen-bond donors (Lipinski definition) is 0. The molecule has 0 atom stereocenters. The molecule has 0 saturated carbocycles. The van der Waals surface area contributed by atoms with Crippen molar-refractivity contribution in [3.8, 4) is 103 Å². The van der Waals surface area contributed by atoms with Crippen LogP contribution in [0.1, 0.15) is 22.3 Å². The second-order valence-corrected chi connectivity index (χ2v) is 21.4. The number of benzene rings is 11. The third-order valence-electron chi connectivity index (χ3n) is 16.5.